The fraction of sp³-hybridized carbons (Fsp3) is 0.458. The number of hydrogen-bond acceptors (Lipinski definition) is 8. The van der Waals surface area contributed by atoms with Crippen molar-refractivity contribution in [1.82, 2.24) is 0 Å². The van der Waals surface area contributed by atoms with Gasteiger partial charge in [0, 0.05) is 17.1 Å². The summed E-state index contributed by atoms with van der Waals surface area (Å²) in [6, 6.07) is 7.96. The molecule has 32 heavy (non-hydrogen) atoms. The molecule has 0 bridgehead atoms. The third-order valence-electron chi connectivity index (χ3n) is 6.51. The number of rotatable bonds is 6. The summed E-state index contributed by atoms with van der Waals surface area (Å²) in [4.78, 5) is 13.0. The molecule has 7 nitrogen and oxygen atoms in total. The first-order valence-corrected chi connectivity index (χ1v) is 11.7. The molecule has 8 heteroatoms. The van der Waals surface area contributed by atoms with Crippen LogP contribution in [0.1, 0.15) is 34.8 Å². The Morgan fingerprint density at radius 1 is 0.938 bits per heavy atom. The van der Waals surface area contributed by atoms with Crippen molar-refractivity contribution in [3.8, 4) is 28.7 Å². The fourth-order valence-corrected chi connectivity index (χ4v) is 6.42. The Morgan fingerprint density at radius 3 is 2.19 bits per heavy atom. The molecule has 3 aliphatic rings. The Bertz CT molecular complexity index is 1030. The first kappa shape index (κ1) is 21.1. The van der Waals surface area contributed by atoms with E-state index in [2.05, 4.69) is 13.0 Å². The van der Waals surface area contributed by atoms with Crippen LogP contribution in [0.2, 0.25) is 0 Å². The largest absolute Gasteiger partial charge is 0.493 e. The van der Waals surface area contributed by atoms with E-state index in [0.717, 1.165) is 22.6 Å². The molecule has 0 amide bonds. The Hall–Kier alpha value is -2.74. The lowest BCUT2D eigenvalue weighted by Gasteiger charge is -2.39. The maximum Gasteiger partial charge on any atom is 0.310 e. The minimum absolute atomic E-state index is 0.0596. The van der Waals surface area contributed by atoms with Crippen molar-refractivity contribution in [2.75, 3.05) is 40.5 Å². The zero-order valence-electron chi connectivity index (χ0n) is 18.5. The van der Waals surface area contributed by atoms with Gasteiger partial charge in [-0.25, -0.2) is 0 Å². The predicted octanol–water partition coefficient (Wildman–Crippen LogP) is 4.17. The number of carbonyl (C=O) groups is 1. The molecule has 5 rings (SSSR count). The summed E-state index contributed by atoms with van der Waals surface area (Å²) in [6.45, 7) is 2.75. The second-order valence-corrected chi connectivity index (χ2v) is 9.38. The van der Waals surface area contributed by atoms with Crippen LogP contribution in [0.3, 0.4) is 0 Å². The van der Waals surface area contributed by atoms with Crippen LogP contribution in [0.5, 0.6) is 28.7 Å². The molecule has 4 atom stereocenters. The SMILES string of the molecule is CCS[C@H]1c2cc3c(cc2[C@@H](c2cc(OC)c(OC)c(OC)c2)[C@@H]2C(=O)OC[C@@H]21)OCO3. The van der Waals surface area contributed by atoms with Crippen molar-refractivity contribution in [1.29, 1.82) is 0 Å². The number of methoxy groups -OCH3 is 3. The molecule has 2 aromatic rings. The molecule has 2 aliphatic heterocycles. The molecule has 0 saturated carbocycles. The van der Waals surface area contributed by atoms with Gasteiger partial charge < -0.3 is 28.4 Å². The van der Waals surface area contributed by atoms with E-state index >= 15 is 0 Å². The summed E-state index contributed by atoms with van der Waals surface area (Å²) >= 11 is 1.84. The van der Waals surface area contributed by atoms with Gasteiger partial charge in [0.1, 0.15) is 0 Å². The molecule has 0 spiro atoms. The predicted molar refractivity (Wildman–Crippen MR) is 119 cm³/mol. The third kappa shape index (κ3) is 3.15. The van der Waals surface area contributed by atoms with E-state index in [1.54, 1.807) is 21.3 Å². The molecule has 1 saturated heterocycles. The average molecular weight is 459 g/mol. The number of thioether (sulfide) groups is 1. The van der Waals surface area contributed by atoms with Crippen molar-refractivity contribution < 1.29 is 33.2 Å². The first-order chi connectivity index (χ1) is 15.6. The summed E-state index contributed by atoms with van der Waals surface area (Å²) in [5, 5.41) is 0.138. The highest BCUT2D eigenvalue weighted by Crippen LogP contribution is 2.58. The molecule has 0 N–H and O–H groups in total. The van der Waals surface area contributed by atoms with Gasteiger partial charge in [-0.1, -0.05) is 6.92 Å². The minimum atomic E-state index is -0.310. The highest BCUT2D eigenvalue weighted by molar-refractivity contribution is 7.99. The number of fused-ring (bicyclic) bond motifs is 3. The molecule has 170 valence electrons. The van der Waals surface area contributed by atoms with Gasteiger partial charge in [0.25, 0.3) is 0 Å². The van der Waals surface area contributed by atoms with E-state index in [4.69, 9.17) is 28.4 Å². The number of carbonyl (C=O) groups excluding carboxylic acids is 1. The van der Waals surface area contributed by atoms with Gasteiger partial charge in [0.2, 0.25) is 12.5 Å². The summed E-state index contributed by atoms with van der Waals surface area (Å²) in [6.07, 6.45) is 0. The molecular formula is C24H26O7S. The zero-order valence-corrected chi connectivity index (χ0v) is 19.3. The van der Waals surface area contributed by atoms with Crippen molar-refractivity contribution in [2.24, 2.45) is 11.8 Å². The van der Waals surface area contributed by atoms with Gasteiger partial charge in [0.15, 0.2) is 23.0 Å². The summed E-state index contributed by atoms with van der Waals surface area (Å²) in [5.74, 6) is 3.36. The van der Waals surface area contributed by atoms with Gasteiger partial charge in [-0.15, -0.1) is 0 Å². The van der Waals surface area contributed by atoms with E-state index in [-0.39, 0.29) is 35.8 Å². The normalized spacial score (nSPS) is 25.1. The standard InChI is InChI=1S/C24H26O7S/c1-5-32-23-14-9-17-16(30-11-31-17)8-13(14)20(21-15(23)10-29-24(21)25)12-6-18(26-2)22(28-4)19(7-12)27-3/h6-9,15,20-21,23H,5,10-11H2,1-4H3/t15-,20+,21+,23-/m0/s1. The van der Waals surface area contributed by atoms with Gasteiger partial charge in [-0.05, 0) is 46.7 Å². The second kappa shape index (κ2) is 8.31. The molecule has 0 unspecified atom stereocenters. The van der Waals surface area contributed by atoms with E-state index < -0.39 is 0 Å². The molecular weight excluding hydrogens is 432 g/mol. The average Bonchev–Trinajstić information content (AvgIpc) is 3.43. The van der Waals surface area contributed by atoms with Crippen molar-refractivity contribution in [3.63, 3.8) is 0 Å². The van der Waals surface area contributed by atoms with Gasteiger partial charge in [-0.2, -0.15) is 11.8 Å². The van der Waals surface area contributed by atoms with Gasteiger partial charge in [0.05, 0.1) is 33.9 Å². The number of cyclic esters (lactones) is 1. The Morgan fingerprint density at radius 2 is 1.59 bits per heavy atom. The quantitative estimate of drug-likeness (QED) is 0.598. The van der Waals surface area contributed by atoms with Crippen molar-refractivity contribution in [2.45, 2.75) is 18.1 Å². The Labute approximate surface area is 191 Å². The maximum atomic E-state index is 13.0. The highest BCUT2D eigenvalue weighted by Gasteiger charge is 2.52. The molecule has 0 radical (unpaired) electrons. The van der Waals surface area contributed by atoms with Crippen molar-refractivity contribution in [3.05, 3.63) is 41.0 Å². The Balaban J connectivity index is 1.74. The van der Waals surface area contributed by atoms with Gasteiger partial charge >= 0.3 is 5.97 Å². The van der Waals surface area contributed by atoms with Crippen LogP contribution in [-0.4, -0.2) is 46.5 Å². The topological polar surface area (TPSA) is 72.5 Å². The number of esters is 1. The Kier molecular flexibility index (Phi) is 5.49. The summed E-state index contributed by atoms with van der Waals surface area (Å²) in [7, 11) is 4.76. The van der Waals surface area contributed by atoms with E-state index in [0.29, 0.717) is 29.6 Å². The highest BCUT2D eigenvalue weighted by atomic mass is 32.2. The summed E-state index contributed by atoms with van der Waals surface area (Å²) in [5.41, 5.74) is 3.13. The minimum Gasteiger partial charge on any atom is -0.493 e. The van der Waals surface area contributed by atoms with Crippen LogP contribution in [-0.2, 0) is 9.53 Å². The van der Waals surface area contributed by atoms with Gasteiger partial charge in [-0.3, -0.25) is 4.79 Å². The number of hydrogen-bond donors (Lipinski definition) is 0. The lowest BCUT2D eigenvalue weighted by atomic mass is 9.67. The lowest BCUT2D eigenvalue weighted by Crippen LogP contribution is -2.33. The van der Waals surface area contributed by atoms with Crippen LogP contribution in [0.25, 0.3) is 0 Å². The molecule has 1 aliphatic carbocycles. The van der Waals surface area contributed by atoms with Crippen LogP contribution < -0.4 is 23.7 Å². The molecule has 0 aromatic heterocycles. The second-order valence-electron chi connectivity index (χ2n) is 7.97. The van der Waals surface area contributed by atoms with Crippen molar-refractivity contribution >= 4 is 17.7 Å². The summed E-state index contributed by atoms with van der Waals surface area (Å²) < 4.78 is 33.7. The number of ether oxygens (including phenoxy) is 6. The zero-order chi connectivity index (χ0) is 22.4. The van der Waals surface area contributed by atoms with Crippen LogP contribution in [0, 0.1) is 11.8 Å². The van der Waals surface area contributed by atoms with Crippen LogP contribution in [0.15, 0.2) is 24.3 Å². The first-order valence-electron chi connectivity index (χ1n) is 10.6. The van der Waals surface area contributed by atoms with E-state index in [1.807, 2.05) is 30.0 Å². The monoisotopic (exact) mass is 458 g/mol. The number of benzene rings is 2. The van der Waals surface area contributed by atoms with Crippen LogP contribution >= 0.6 is 11.8 Å². The molecule has 2 aromatic carbocycles. The molecule has 2 heterocycles. The van der Waals surface area contributed by atoms with Crippen LogP contribution in [0.4, 0.5) is 0 Å². The maximum absolute atomic E-state index is 13.0. The van der Waals surface area contributed by atoms with E-state index in [1.165, 1.54) is 5.56 Å². The third-order valence-corrected chi connectivity index (χ3v) is 7.81. The fourth-order valence-electron chi connectivity index (χ4n) is 5.19. The van der Waals surface area contributed by atoms with E-state index in [9.17, 15) is 4.79 Å². The molecule has 1 fully saturated rings. The smallest absolute Gasteiger partial charge is 0.310 e. The lowest BCUT2D eigenvalue weighted by molar-refractivity contribution is -0.141.